The second-order valence-electron chi connectivity index (χ2n) is 5.86. The standard InChI is InChI=1S/C16H25F/c1-9(2)13-8-14(17)12(7)15(10(3)4)16(13)11(5)6/h8-11H,1-7H3. The highest BCUT2D eigenvalue weighted by Gasteiger charge is 2.21. The Morgan fingerprint density at radius 2 is 1.29 bits per heavy atom. The van der Waals surface area contributed by atoms with Crippen molar-refractivity contribution in [3.8, 4) is 0 Å². The van der Waals surface area contributed by atoms with Crippen molar-refractivity contribution in [2.75, 3.05) is 0 Å². The van der Waals surface area contributed by atoms with Gasteiger partial charge in [-0.2, -0.15) is 0 Å². The second kappa shape index (κ2) is 5.20. The van der Waals surface area contributed by atoms with Gasteiger partial charge in [-0.25, -0.2) is 4.39 Å². The third-order valence-corrected chi connectivity index (χ3v) is 3.42. The topological polar surface area (TPSA) is 0 Å². The largest absolute Gasteiger partial charge is 0.207 e. The summed E-state index contributed by atoms with van der Waals surface area (Å²) < 4.78 is 14.0. The number of hydrogen-bond acceptors (Lipinski definition) is 0. The molecule has 0 bridgehead atoms. The summed E-state index contributed by atoms with van der Waals surface area (Å²) in [5.74, 6) is 1.14. The zero-order valence-electron chi connectivity index (χ0n) is 12.2. The van der Waals surface area contributed by atoms with Crippen molar-refractivity contribution < 1.29 is 4.39 Å². The molecule has 0 heterocycles. The van der Waals surface area contributed by atoms with Crippen molar-refractivity contribution in [1.82, 2.24) is 0 Å². The van der Waals surface area contributed by atoms with Gasteiger partial charge in [0.2, 0.25) is 0 Å². The minimum Gasteiger partial charge on any atom is -0.207 e. The number of rotatable bonds is 3. The molecule has 0 unspecified atom stereocenters. The van der Waals surface area contributed by atoms with Crippen molar-refractivity contribution in [1.29, 1.82) is 0 Å². The molecule has 0 N–H and O–H groups in total. The summed E-state index contributed by atoms with van der Waals surface area (Å²) in [6.07, 6.45) is 0. The van der Waals surface area contributed by atoms with Crippen LogP contribution in [0.1, 0.15) is 81.5 Å². The van der Waals surface area contributed by atoms with Crippen LogP contribution in [0.15, 0.2) is 6.07 Å². The molecule has 0 nitrogen and oxygen atoms in total. The number of halogens is 1. The highest BCUT2D eigenvalue weighted by Crippen LogP contribution is 2.36. The van der Waals surface area contributed by atoms with Gasteiger partial charge in [-0.15, -0.1) is 0 Å². The van der Waals surface area contributed by atoms with Crippen LogP contribution in [-0.4, -0.2) is 0 Å². The Morgan fingerprint density at radius 3 is 1.65 bits per heavy atom. The molecule has 0 aromatic heterocycles. The summed E-state index contributed by atoms with van der Waals surface area (Å²) in [5.41, 5.74) is 4.57. The Bertz CT molecular complexity index is 400. The molecule has 0 fully saturated rings. The van der Waals surface area contributed by atoms with Gasteiger partial charge in [0.1, 0.15) is 5.82 Å². The molecule has 0 radical (unpaired) electrons. The Morgan fingerprint density at radius 1 is 0.824 bits per heavy atom. The van der Waals surface area contributed by atoms with E-state index in [4.69, 9.17) is 0 Å². The molecule has 0 aliphatic carbocycles. The Balaban J connectivity index is 3.64. The van der Waals surface area contributed by atoms with Gasteiger partial charge in [-0.1, -0.05) is 41.5 Å². The van der Waals surface area contributed by atoms with Gasteiger partial charge in [-0.3, -0.25) is 0 Å². The molecule has 0 spiro atoms. The highest BCUT2D eigenvalue weighted by atomic mass is 19.1. The maximum absolute atomic E-state index is 14.0. The molecule has 0 atom stereocenters. The molecule has 0 aliphatic heterocycles. The van der Waals surface area contributed by atoms with Crippen LogP contribution >= 0.6 is 0 Å². The summed E-state index contributed by atoms with van der Waals surface area (Å²) in [7, 11) is 0. The first-order chi connectivity index (χ1) is 7.77. The van der Waals surface area contributed by atoms with E-state index < -0.39 is 0 Å². The van der Waals surface area contributed by atoms with Gasteiger partial charge in [0.15, 0.2) is 0 Å². The predicted octanol–water partition coefficient (Wildman–Crippen LogP) is 5.50. The quantitative estimate of drug-likeness (QED) is 0.649. The van der Waals surface area contributed by atoms with Gasteiger partial charge in [0, 0.05) is 0 Å². The van der Waals surface area contributed by atoms with E-state index in [1.807, 2.05) is 6.92 Å². The first kappa shape index (κ1) is 14.2. The molecular formula is C16H25F. The van der Waals surface area contributed by atoms with Crippen molar-refractivity contribution in [3.05, 3.63) is 34.1 Å². The van der Waals surface area contributed by atoms with E-state index in [9.17, 15) is 4.39 Å². The maximum Gasteiger partial charge on any atom is 0.126 e. The van der Waals surface area contributed by atoms with Gasteiger partial charge >= 0.3 is 0 Å². The van der Waals surface area contributed by atoms with Crippen LogP contribution in [0, 0.1) is 12.7 Å². The minimum atomic E-state index is -0.0539. The first-order valence-corrected chi connectivity index (χ1v) is 6.60. The normalized spacial score (nSPS) is 11.9. The fraction of sp³-hybridized carbons (Fsp3) is 0.625. The lowest BCUT2D eigenvalue weighted by molar-refractivity contribution is 0.601. The van der Waals surface area contributed by atoms with Gasteiger partial charge in [0.25, 0.3) is 0 Å². The van der Waals surface area contributed by atoms with E-state index in [1.54, 1.807) is 6.07 Å². The average Bonchev–Trinajstić information content (AvgIpc) is 2.19. The van der Waals surface area contributed by atoms with E-state index in [0.29, 0.717) is 17.8 Å². The van der Waals surface area contributed by atoms with Crippen LogP contribution in [0.25, 0.3) is 0 Å². The fourth-order valence-electron chi connectivity index (χ4n) is 2.67. The van der Waals surface area contributed by atoms with E-state index >= 15 is 0 Å². The summed E-state index contributed by atoms with van der Waals surface area (Å²) >= 11 is 0. The van der Waals surface area contributed by atoms with Gasteiger partial charge in [-0.05, 0) is 53.0 Å². The van der Waals surface area contributed by atoms with E-state index in [0.717, 1.165) is 5.56 Å². The monoisotopic (exact) mass is 236 g/mol. The van der Waals surface area contributed by atoms with E-state index in [1.165, 1.54) is 16.7 Å². The lowest BCUT2D eigenvalue weighted by Crippen LogP contribution is -2.09. The zero-order valence-corrected chi connectivity index (χ0v) is 12.2. The van der Waals surface area contributed by atoms with Crippen LogP contribution < -0.4 is 0 Å². The minimum absolute atomic E-state index is 0.0539. The Kier molecular flexibility index (Phi) is 4.35. The van der Waals surface area contributed by atoms with E-state index in [-0.39, 0.29) is 5.82 Å². The summed E-state index contributed by atoms with van der Waals surface area (Å²) in [6, 6.07) is 1.74. The van der Waals surface area contributed by atoms with Crippen LogP contribution in [0.4, 0.5) is 4.39 Å². The van der Waals surface area contributed by atoms with Crippen molar-refractivity contribution in [2.24, 2.45) is 0 Å². The van der Waals surface area contributed by atoms with Gasteiger partial charge in [0.05, 0.1) is 0 Å². The van der Waals surface area contributed by atoms with Crippen molar-refractivity contribution in [2.45, 2.75) is 66.2 Å². The third kappa shape index (κ3) is 2.70. The maximum atomic E-state index is 14.0. The second-order valence-corrected chi connectivity index (χ2v) is 5.86. The van der Waals surface area contributed by atoms with Crippen LogP contribution in [0.5, 0.6) is 0 Å². The van der Waals surface area contributed by atoms with Gasteiger partial charge < -0.3 is 0 Å². The lowest BCUT2D eigenvalue weighted by atomic mass is 9.81. The molecule has 1 heteroatoms. The molecular weight excluding hydrogens is 211 g/mol. The SMILES string of the molecule is Cc1c(F)cc(C(C)C)c(C(C)C)c1C(C)C. The number of benzene rings is 1. The molecule has 0 saturated carbocycles. The highest BCUT2D eigenvalue weighted by molar-refractivity contribution is 5.46. The van der Waals surface area contributed by atoms with Crippen molar-refractivity contribution in [3.63, 3.8) is 0 Å². The predicted molar refractivity (Wildman–Crippen MR) is 73.4 cm³/mol. The molecule has 0 amide bonds. The Labute approximate surface area is 105 Å². The third-order valence-electron chi connectivity index (χ3n) is 3.42. The summed E-state index contributed by atoms with van der Waals surface area (Å²) in [5, 5.41) is 0. The summed E-state index contributed by atoms with van der Waals surface area (Å²) in [4.78, 5) is 0. The van der Waals surface area contributed by atoms with Crippen LogP contribution in [0.3, 0.4) is 0 Å². The summed E-state index contributed by atoms with van der Waals surface area (Å²) in [6.45, 7) is 14.9. The van der Waals surface area contributed by atoms with Crippen LogP contribution in [0.2, 0.25) is 0 Å². The molecule has 0 saturated heterocycles. The zero-order chi connectivity index (χ0) is 13.3. The fourth-order valence-corrected chi connectivity index (χ4v) is 2.67. The molecule has 17 heavy (non-hydrogen) atoms. The smallest absolute Gasteiger partial charge is 0.126 e. The first-order valence-electron chi connectivity index (χ1n) is 6.60. The van der Waals surface area contributed by atoms with E-state index in [2.05, 4.69) is 41.5 Å². The lowest BCUT2D eigenvalue weighted by Gasteiger charge is -2.25. The number of hydrogen-bond donors (Lipinski definition) is 0. The molecule has 1 aromatic rings. The molecule has 1 aromatic carbocycles. The average molecular weight is 236 g/mol. The van der Waals surface area contributed by atoms with Crippen LogP contribution in [-0.2, 0) is 0 Å². The van der Waals surface area contributed by atoms with Crippen molar-refractivity contribution >= 4 is 0 Å². The molecule has 1 rings (SSSR count). The molecule has 96 valence electrons. The Hall–Kier alpha value is -0.850. The molecule has 0 aliphatic rings.